The summed E-state index contributed by atoms with van der Waals surface area (Å²) in [6, 6.07) is 3.75. The van der Waals surface area contributed by atoms with Crippen molar-refractivity contribution in [2.45, 2.75) is 9.79 Å². The molecule has 12 heteroatoms. The molecule has 3 rings (SSSR count). The molecule has 0 aliphatic heterocycles. The maximum absolute atomic E-state index is 12.8. The van der Waals surface area contributed by atoms with Crippen molar-refractivity contribution in [3.63, 3.8) is 0 Å². The number of nitrogens with two attached hydrogens (primary N) is 1. The van der Waals surface area contributed by atoms with Gasteiger partial charge in [-0.05, 0) is 46.9 Å². The molecule has 0 amide bonds. The van der Waals surface area contributed by atoms with E-state index in [9.17, 15) is 31.0 Å². The minimum Gasteiger partial charge on any atom is -0.397 e. The summed E-state index contributed by atoms with van der Waals surface area (Å²) in [4.78, 5) is 24.2. The third kappa shape index (κ3) is 2.83. The first kappa shape index (κ1) is 18.9. The Bertz CT molecular complexity index is 1230. The quantitative estimate of drug-likeness (QED) is 0.261. The molecule has 1 aliphatic carbocycles. The Hall–Kier alpha value is -1.87. The molecule has 0 bridgehead atoms. The summed E-state index contributed by atoms with van der Waals surface area (Å²) >= 11 is 1.60. The lowest BCUT2D eigenvalue weighted by Crippen LogP contribution is -2.25. The number of carbonyl (C=O) groups excluding carboxylic acids is 2. The Morgan fingerprint density at radius 3 is 1.96 bits per heavy atom. The van der Waals surface area contributed by atoms with Gasteiger partial charge in [0.25, 0.3) is 20.2 Å². The summed E-state index contributed by atoms with van der Waals surface area (Å²) in [6.45, 7) is 0. The number of fused-ring (bicyclic) bond motifs is 2. The van der Waals surface area contributed by atoms with Crippen LogP contribution in [0.2, 0.25) is 0 Å². The molecule has 2 aromatic rings. The Labute approximate surface area is 160 Å². The number of anilines is 1. The summed E-state index contributed by atoms with van der Waals surface area (Å²) in [6.07, 6.45) is 0. The largest absolute Gasteiger partial charge is 0.397 e. The van der Waals surface area contributed by atoms with Crippen LogP contribution >= 0.6 is 22.6 Å². The Morgan fingerprint density at radius 1 is 0.846 bits per heavy atom. The van der Waals surface area contributed by atoms with Gasteiger partial charge < -0.3 is 5.73 Å². The summed E-state index contributed by atoms with van der Waals surface area (Å²) < 4.78 is 63.9. The summed E-state index contributed by atoms with van der Waals surface area (Å²) in [5, 5.41) is 0. The molecule has 0 radical (unpaired) electrons. The minimum atomic E-state index is -4.74. The number of nitrogen functional groups attached to an aromatic ring is 1. The number of benzene rings is 2. The van der Waals surface area contributed by atoms with E-state index in [-0.39, 0.29) is 25.8 Å². The SMILES string of the molecule is Nc1c(S(=O)(=O)O)cc(I)c2c1C(=O)c1ccc(S(=O)(=O)O)cc1C2=O. The van der Waals surface area contributed by atoms with Gasteiger partial charge in [-0.25, -0.2) is 0 Å². The van der Waals surface area contributed by atoms with Gasteiger partial charge in [0, 0.05) is 20.3 Å². The van der Waals surface area contributed by atoms with Crippen LogP contribution in [-0.2, 0) is 20.2 Å². The lowest BCUT2D eigenvalue weighted by atomic mass is 9.83. The summed E-state index contributed by atoms with van der Waals surface area (Å²) in [7, 11) is -9.34. The van der Waals surface area contributed by atoms with E-state index < -0.39 is 47.3 Å². The predicted octanol–water partition coefficient (Wildman–Crippen LogP) is 1.14. The molecule has 1 aliphatic rings. The molecule has 0 fully saturated rings. The van der Waals surface area contributed by atoms with Crippen molar-refractivity contribution < 1.29 is 35.5 Å². The van der Waals surface area contributed by atoms with Crippen LogP contribution in [0.15, 0.2) is 34.1 Å². The first-order valence-electron chi connectivity index (χ1n) is 6.64. The van der Waals surface area contributed by atoms with Gasteiger partial charge in [0.05, 0.1) is 16.1 Å². The molecule has 0 spiro atoms. The molecule has 9 nitrogen and oxygen atoms in total. The van der Waals surface area contributed by atoms with E-state index in [4.69, 9.17) is 10.3 Å². The molecule has 0 atom stereocenters. The van der Waals surface area contributed by atoms with Crippen LogP contribution in [0.3, 0.4) is 0 Å². The van der Waals surface area contributed by atoms with Crippen LogP contribution in [0.1, 0.15) is 31.8 Å². The molecular weight excluding hydrogens is 501 g/mol. The van der Waals surface area contributed by atoms with Gasteiger partial charge in [-0.1, -0.05) is 0 Å². The van der Waals surface area contributed by atoms with Gasteiger partial charge in [-0.15, -0.1) is 0 Å². The molecule has 2 aromatic carbocycles. The zero-order chi connectivity index (χ0) is 19.6. The number of hydrogen-bond donors (Lipinski definition) is 3. The Balaban J connectivity index is 2.38. The second-order valence-electron chi connectivity index (χ2n) is 5.34. The predicted molar refractivity (Wildman–Crippen MR) is 96.5 cm³/mol. The van der Waals surface area contributed by atoms with Crippen LogP contribution in [0.5, 0.6) is 0 Å². The van der Waals surface area contributed by atoms with E-state index >= 15 is 0 Å². The zero-order valence-corrected chi connectivity index (χ0v) is 16.2. The number of rotatable bonds is 2. The molecule has 136 valence electrons. The van der Waals surface area contributed by atoms with Crippen molar-refractivity contribution >= 4 is 60.1 Å². The average molecular weight is 509 g/mol. The molecule has 0 saturated heterocycles. The Morgan fingerprint density at radius 2 is 1.42 bits per heavy atom. The number of ketones is 2. The normalized spacial score (nSPS) is 14.1. The highest BCUT2D eigenvalue weighted by molar-refractivity contribution is 14.1. The minimum absolute atomic E-state index is 0.0284. The maximum Gasteiger partial charge on any atom is 0.296 e. The molecule has 4 N–H and O–H groups in total. The standard InChI is InChI=1S/C14H8INO8S2/c15-8-4-9(26(22,23)24)12(16)11-10(8)14(18)7-3-5(25(19,20)21)1-2-6(7)13(11)17/h1-4H,16H2,(H,19,20,21)(H,22,23,24). The van der Waals surface area contributed by atoms with Crippen LogP contribution in [0.4, 0.5) is 5.69 Å². The molecule has 0 unspecified atom stereocenters. The number of halogens is 1. The fourth-order valence-corrected chi connectivity index (χ4v) is 4.84. The van der Waals surface area contributed by atoms with Crippen molar-refractivity contribution in [1.29, 1.82) is 0 Å². The monoisotopic (exact) mass is 509 g/mol. The van der Waals surface area contributed by atoms with Gasteiger partial charge in [0.15, 0.2) is 11.6 Å². The second-order valence-corrected chi connectivity index (χ2v) is 9.31. The first-order chi connectivity index (χ1) is 11.8. The fraction of sp³-hybridized carbons (Fsp3) is 0. The Kier molecular flexibility index (Phi) is 4.23. The third-order valence-corrected chi connectivity index (χ3v) is 6.39. The van der Waals surface area contributed by atoms with Crippen LogP contribution < -0.4 is 5.73 Å². The second kappa shape index (κ2) is 5.82. The van der Waals surface area contributed by atoms with Gasteiger partial charge in [0.1, 0.15) is 4.90 Å². The third-order valence-electron chi connectivity index (χ3n) is 3.79. The van der Waals surface area contributed by atoms with E-state index in [0.29, 0.717) is 0 Å². The maximum atomic E-state index is 12.8. The smallest absolute Gasteiger partial charge is 0.296 e. The van der Waals surface area contributed by atoms with Gasteiger partial charge in [-0.2, -0.15) is 16.8 Å². The number of carbonyl (C=O) groups is 2. The van der Waals surface area contributed by atoms with Crippen LogP contribution in [0.25, 0.3) is 0 Å². The highest BCUT2D eigenvalue weighted by Gasteiger charge is 2.36. The summed E-state index contributed by atoms with van der Waals surface area (Å²) in [5.74, 6) is -1.57. The lowest BCUT2D eigenvalue weighted by molar-refractivity contribution is 0.0978. The van der Waals surface area contributed by atoms with Crippen molar-refractivity contribution in [3.8, 4) is 0 Å². The fourth-order valence-electron chi connectivity index (χ4n) is 2.65. The van der Waals surface area contributed by atoms with E-state index in [1.807, 2.05) is 0 Å². The van der Waals surface area contributed by atoms with Gasteiger partial charge >= 0.3 is 0 Å². The topological polar surface area (TPSA) is 169 Å². The number of hydrogen-bond acceptors (Lipinski definition) is 7. The highest BCUT2D eigenvalue weighted by Crippen LogP contribution is 2.37. The first-order valence-corrected chi connectivity index (χ1v) is 10.6. The molecule has 0 aromatic heterocycles. The van der Waals surface area contributed by atoms with Gasteiger partial charge in [0.2, 0.25) is 0 Å². The van der Waals surface area contributed by atoms with Crippen molar-refractivity contribution in [2.75, 3.05) is 5.73 Å². The van der Waals surface area contributed by atoms with Crippen LogP contribution in [0, 0.1) is 3.57 Å². The average Bonchev–Trinajstić information content (AvgIpc) is 2.51. The van der Waals surface area contributed by atoms with E-state index in [1.54, 1.807) is 22.6 Å². The van der Waals surface area contributed by atoms with Gasteiger partial charge in [-0.3, -0.25) is 18.7 Å². The van der Waals surface area contributed by atoms with Crippen molar-refractivity contribution in [3.05, 3.63) is 50.1 Å². The molecular formula is C14H8INO8S2. The van der Waals surface area contributed by atoms with E-state index in [1.165, 1.54) is 0 Å². The molecule has 26 heavy (non-hydrogen) atoms. The molecule has 0 saturated carbocycles. The van der Waals surface area contributed by atoms with Crippen molar-refractivity contribution in [1.82, 2.24) is 0 Å². The van der Waals surface area contributed by atoms with Crippen molar-refractivity contribution in [2.24, 2.45) is 0 Å². The highest BCUT2D eigenvalue weighted by atomic mass is 127. The van der Waals surface area contributed by atoms with E-state index in [0.717, 1.165) is 24.3 Å². The lowest BCUT2D eigenvalue weighted by Gasteiger charge is -2.21. The summed E-state index contributed by atoms with van der Waals surface area (Å²) in [5.41, 5.74) is 4.07. The van der Waals surface area contributed by atoms with E-state index in [2.05, 4.69) is 0 Å². The van der Waals surface area contributed by atoms with Crippen LogP contribution in [-0.4, -0.2) is 37.5 Å². The molecule has 0 heterocycles. The zero-order valence-electron chi connectivity index (χ0n) is 12.4.